The van der Waals surface area contributed by atoms with Gasteiger partial charge in [-0.15, -0.1) is 0 Å². The molecule has 1 aliphatic heterocycles. The molecule has 36 heavy (non-hydrogen) atoms. The van der Waals surface area contributed by atoms with Gasteiger partial charge in [-0.25, -0.2) is 12.8 Å². The highest BCUT2D eigenvalue weighted by atomic mass is 32.2. The molecule has 1 saturated heterocycles. The molecule has 2 N–H and O–H groups in total. The first-order valence-corrected chi connectivity index (χ1v) is 12.9. The minimum absolute atomic E-state index is 0.0608. The lowest BCUT2D eigenvalue weighted by Crippen LogP contribution is -2.48. The lowest BCUT2D eigenvalue weighted by molar-refractivity contribution is -0.137. The Morgan fingerprint density at radius 2 is 1.83 bits per heavy atom. The van der Waals surface area contributed by atoms with Crippen molar-refractivity contribution in [1.82, 2.24) is 10.2 Å². The van der Waals surface area contributed by atoms with Crippen LogP contribution in [0, 0.1) is 11.7 Å². The van der Waals surface area contributed by atoms with Crippen LogP contribution in [0.5, 0.6) is 0 Å². The molecule has 0 aliphatic carbocycles. The average Bonchev–Trinajstić information content (AvgIpc) is 3.17. The van der Waals surface area contributed by atoms with Gasteiger partial charge < -0.3 is 15.3 Å². The van der Waals surface area contributed by atoms with Crippen LogP contribution in [0.15, 0.2) is 47.4 Å². The van der Waals surface area contributed by atoms with Crippen LogP contribution in [0.4, 0.5) is 17.6 Å². The van der Waals surface area contributed by atoms with E-state index in [9.17, 15) is 40.7 Å². The summed E-state index contributed by atoms with van der Waals surface area (Å²) in [5, 5.41) is 12.6. The maximum Gasteiger partial charge on any atom is 0.416 e. The molecule has 196 valence electrons. The predicted molar refractivity (Wildman–Crippen MR) is 122 cm³/mol. The van der Waals surface area contributed by atoms with Gasteiger partial charge in [0.05, 0.1) is 22.6 Å². The van der Waals surface area contributed by atoms with Gasteiger partial charge in [-0.1, -0.05) is 19.1 Å². The number of rotatable bonds is 6. The van der Waals surface area contributed by atoms with E-state index in [1.54, 1.807) is 0 Å². The zero-order valence-electron chi connectivity index (χ0n) is 19.7. The van der Waals surface area contributed by atoms with Crippen molar-refractivity contribution in [3.05, 3.63) is 65.0 Å². The third kappa shape index (κ3) is 6.04. The molecular formula is C24H26F4N2O5S. The molecule has 2 amide bonds. The number of nitrogens with zero attached hydrogens (tertiary/aromatic N) is 1. The fraction of sp³-hybridized carbons (Fsp3) is 0.417. The lowest BCUT2D eigenvalue weighted by Gasteiger charge is -2.28. The van der Waals surface area contributed by atoms with E-state index < -0.39 is 57.4 Å². The third-order valence-corrected chi connectivity index (χ3v) is 7.14. The minimum atomic E-state index is -4.77. The molecule has 2 aromatic carbocycles. The number of carbonyl (C=O) groups excluding carboxylic acids is 2. The van der Waals surface area contributed by atoms with Crippen molar-refractivity contribution >= 4 is 21.7 Å². The van der Waals surface area contributed by atoms with Crippen LogP contribution in [-0.2, 0) is 20.8 Å². The fourth-order valence-electron chi connectivity index (χ4n) is 4.21. The Morgan fingerprint density at radius 1 is 1.17 bits per heavy atom. The van der Waals surface area contributed by atoms with Crippen LogP contribution in [0.3, 0.4) is 0 Å². The first kappa shape index (κ1) is 27.6. The normalized spacial score (nSPS) is 20.2. The number of sulfone groups is 1. The summed E-state index contributed by atoms with van der Waals surface area (Å²) in [6.07, 6.45) is -4.89. The van der Waals surface area contributed by atoms with E-state index in [1.165, 1.54) is 36.1 Å². The van der Waals surface area contributed by atoms with Gasteiger partial charge in [0.1, 0.15) is 11.9 Å². The average molecular weight is 531 g/mol. The van der Waals surface area contributed by atoms with Gasteiger partial charge in [-0.3, -0.25) is 9.59 Å². The van der Waals surface area contributed by atoms with Gasteiger partial charge >= 0.3 is 6.18 Å². The minimum Gasteiger partial charge on any atom is -0.391 e. The molecule has 12 heteroatoms. The second-order valence-corrected chi connectivity index (χ2v) is 11.1. The number of hydrogen-bond acceptors (Lipinski definition) is 5. The molecule has 0 spiro atoms. The maximum absolute atomic E-state index is 14.6. The first-order valence-electron chi connectivity index (χ1n) is 11.1. The van der Waals surface area contributed by atoms with Gasteiger partial charge in [-0.2, -0.15) is 13.2 Å². The van der Waals surface area contributed by atoms with Crippen molar-refractivity contribution in [2.75, 3.05) is 12.8 Å². The Morgan fingerprint density at radius 3 is 2.39 bits per heavy atom. The molecule has 0 bridgehead atoms. The standard InChI is InChI=1S/C24H26F4N2O5S/c1-13-9-20(30(12-13)23(33)15-5-4-6-17(10-15)36(3,34)35)22(32)29-21(14(2)31)18-8-7-16(11-19(18)25)24(26,27)28/h4-8,10-11,13-14,20-21,31H,9,12H2,1-3H3,(H,29,32)/t13-,14?,20-,21?/m1/s1. The molecular weight excluding hydrogens is 504 g/mol. The summed E-state index contributed by atoms with van der Waals surface area (Å²) in [6.45, 7) is 3.25. The summed E-state index contributed by atoms with van der Waals surface area (Å²) < 4.78 is 77.0. The Balaban J connectivity index is 1.87. The third-order valence-electron chi connectivity index (χ3n) is 6.03. The molecule has 4 atom stereocenters. The Kier molecular flexibility index (Phi) is 7.80. The molecule has 0 saturated carbocycles. The predicted octanol–water partition coefficient (Wildman–Crippen LogP) is 3.34. The van der Waals surface area contributed by atoms with Crippen LogP contribution < -0.4 is 5.32 Å². The van der Waals surface area contributed by atoms with Crippen LogP contribution >= 0.6 is 0 Å². The SMILES string of the molecule is CC(O)C(NC(=O)[C@H]1C[C@@H](C)CN1C(=O)c1cccc(S(C)(=O)=O)c1)c1ccc(C(F)(F)F)cc1F. The van der Waals surface area contributed by atoms with Gasteiger partial charge in [0.25, 0.3) is 5.91 Å². The van der Waals surface area contributed by atoms with Crippen molar-refractivity contribution in [3.63, 3.8) is 0 Å². The highest BCUT2D eigenvalue weighted by Gasteiger charge is 2.40. The van der Waals surface area contributed by atoms with E-state index in [4.69, 9.17) is 0 Å². The molecule has 1 heterocycles. The summed E-state index contributed by atoms with van der Waals surface area (Å²) >= 11 is 0. The van der Waals surface area contributed by atoms with Crippen molar-refractivity contribution in [3.8, 4) is 0 Å². The van der Waals surface area contributed by atoms with Gasteiger partial charge in [-0.05, 0) is 49.6 Å². The number of aliphatic hydroxyl groups is 1. The van der Waals surface area contributed by atoms with E-state index in [1.807, 2.05) is 6.92 Å². The topological polar surface area (TPSA) is 104 Å². The van der Waals surface area contributed by atoms with Crippen LogP contribution in [0.1, 0.15) is 47.8 Å². The van der Waals surface area contributed by atoms with E-state index >= 15 is 0 Å². The number of amides is 2. The highest BCUT2D eigenvalue weighted by molar-refractivity contribution is 7.90. The Labute approximate surface area is 206 Å². The van der Waals surface area contributed by atoms with Crippen molar-refractivity contribution < 1.29 is 40.7 Å². The number of benzene rings is 2. The zero-order valence-corrected chi connectivity index (χ0v) is 20.5. The molecule has 1 aliphatic rings. The first-order chi connectivity index (χ1) is 16.6. The molecule has 0 radical (unpaired) electrons. The molecule has 1 fully saturated rings. The quantitative estimate of drug-likeness (QED) is 0.558. The number of halogens is 4. The van der Waals surface area contributed by atoms with Crippen molar-refractivity contribution in [2.24, 2.45) is 5.92 Å². The summed E-state index contributed by atoms with van der Waals surface area (Å²) in [7, 11) is -3.58. The largest absolute Gasteiger partial charge is 0.416 e. The lowest BCUT2D eigenvalue weighted by atomic mass is 9.98. The summed E-state index contributed by atoms with van der Waals surface area (Å²) in [5.74, 6) is -2.66. The van der Waals surface area contributed by atoms with E-state index in [0.717, 1.165) is 12.3 Å². The summed E-state index contributed by atoms with van der Waals surface area (Å²) in [4.78, 5) is 27.6. The smallest absolute Gasteiger partial charge is 0.391 e. The van der Waals surface area contributed by atoms with Crippen LogP contribution in [0.25, 0.3) is 0 Å². The van der Waals surface area contributed by atoms with E-state index in [0.29, 0.717) is 12.1 Å². The molecule has 3 rings (SSSR count). The van der Waals surface area contributed by atoms with E-state index in [-0.39, 0.29) is 34.9 Å². The van der Waals surface area contributed by atoms with Crippen LogP contribution in [0.2, 0.25) is 0 Å². The second-order valence-electron chi connectivity index (χ2n) is 9.08. The summed E-state index contributed by atoms with van der Waals surface area (Å²) in [6, 6.07) is 4.80. The molecule has 7 nitrogen and oxygen atoms in total. The second kappa shape index (κ2) is 10.2. The Hall–Kier alpha value is -2.99. The maximum atomic E-state index is 14.6. The number of alkyl halides is 3. The summed E-state index contributed by atoms with van der Waals surface area (Å²) in [5.41, 5.74) is -1.49. The number of hydrogen-bond donors (Lipinski definition) is 2. The van der Waals surface area contributed by atoms with Crippen molar-refractivity contribution in [2.45, 2.75) is 49.5 Å². The number of likely N-dealkylation sites (tertiary alicyclic amines) is 1. The number of aliphatic hydroxyl groups excluding tert-OH is 1. The highest BCUT2D eigenvalue weighted by Crippen LogP contribution is 2.32. The number of nitrogens with one attached hydrogen (secondary N) is 1. The fourth-order valence-corrected chi connectivity index (χ4v) is 4.87. The van der Waals surface area contributed by atoms with Gasteiger partial charge in [0, 0.05) is 23.9 Å². The monoisotopic (exact) mass is 530 g/mol. The van der Waals surface area contributed by atoms with Crippen molar-refractivity contribution in [1.29, 1.82) is 0 Å². The molecule has 2 unspecified atom stereocenters. The molecule has 2 aromatic rings. The van der Waals surface area contributed by atoms with Crippen LogP contribution in [-0.4, -0.2) is 55.2 Å². The van der Waals surface area contributed by atoms with Gasteiger partial charge in [0.2, 0.25) is 5.91 Å². The Bertz CT molecular complexity index is 1260. The van der Waals surface area contributed by atoms with Gasteiger partial charge in [0.15, 0.2) is 9.84 Å². The molecule has 0 aromatic heterocycles. The zero-order chi connectivity index (χ0) is 27.0. The van der Waals surface area contributed by atoms with E-state index in [2.05, 4.69) is 5.32 Å². The number of carbonyl (C=O) groups is 2.